The maximum atomic E-state index is 12.4. The van der Waals surface area contributed by atoms with Gasteiger partial charge in [0.2, 0.25) is 5.91 Å². The van der Waals surface area contributed by atoms with Gasteiger partial charge in [0.15, 0.2) is 0 Å². The van der Waals surface area contributed by atoms with Crippen LogP contribution in [0, 0.1) is 5.92 Å². The lowest BCUT2D eigenvalue weighted by Gasteiger charge is -2.27. The normalized spacial score (nSPS) is 20.3. The highest BCUT2D eigenvalue weighted by atomic mass is 35.5. The van der Waals surface area contributed by atoms with Gasteiger partial charge in [0, 0.05) is 36.3 Å². The molecule has 0 spiro atoms. The first-order chi connectivity index (χ1) is 11.6. The van der Waals surface area contributed by atoms with E-state index in [9.17, 15) is 4.79 Å². The first kappa shape index (κ1) is 16.8. The molecule has 1 fully saturated rings. The third kappa shape index (κ3) is 3.73. The molecule has 1 aliphatic carbocycles. The van der Waals surface area contributed by atoms with Crippen molar-refractivity contribution >= 4 is 23.2 Å². The maximum absolute atomic E-state index is 12.4. The van der Waals surface area contributed by atoms with E-state index in [1.54, 1.807) is 0 Å². The summed E-state index contributed by atoms with van der Waals surface area (Å²) in [7, 11) is 2.05. The number of hydrogen-bond donors (Lipinski definition) is 1. The molecule has 1 N–H and O–H groups in total. The van der Waals surface area contributed by atoms with E-state index < -0.39 is 0 Å². The van der Waals surface area contributed by atoms with Crippen LogP contribution in [0.2, 0.25) is 5.02 Å². The molecule has 0 radical (unpaired) electrons. The summed E-state index contributed by atoms with van der Waals surface area (Å²) in [5, 5.41) is 3.85. The first-order valence-electron chi connectivity index (χ1n) is 8.38. The lowest BCUT2D eigenvalue weighted by Crippen LogP contribution is -2.40. The van der Waals surface area contributed by atoms with Crippen LogP contribution in [0.3, 0.4) is 0 Å². The van der Waals surface area contributed by atoms with Crippen molar-refractivity contribution in [2.24, 2.45) is 5.92 Å². The van der Waals surface area contributed by atoms with E-state index in [2.05, 4.69) is 36.3 Å². The number of likely N-dealkylation sites (N-methyl/N-ethyl adjacent to an activating group) is 1. The Labute approximate surface area is 148 Å². The highest BCUT2D eigenvalue weighted by Gasteiger charge is 2.44. The lowest BCUT2D eigenvalue weighted by molar-refractivity contribution is -0.122. The van der Waals surface area contributed by atoms with Crippen LogP contribution < -0.4 is 10.2 Å². The predicted octanol–water partition coefficient (Wildman–Crippen LogP) is 4.08. The molecule has 0 bridgehead atoms. The van der Waals surface area contributed by atoms with Crippen LogP contribution in [-0.4, -0.2) is 25.5 Å². The Hall–Kier alpha value is -2.00. The monoisotopic (exact) mass is 342 g/mol. The van der Waals surface area contributed by atoms with Crippen molar-refractivity contribution in [1.29, 1.82) is 0 Å². The number of benzene rings is 2. The molecule has 0 saturated heterocycles. The molecule has 3 nitrogen and oxygen atoms in total. The molecule has 1 aliphatic rings. The largest absolute Gasteiger partial charge is 0.370 e. The zero-order valence-corrected chi connectivity index (χ0v) is 14.8. The fourth-order valence-electron chi connectivity index (χ4n) is 3.04. The van der Waals surface area contributed by atoms with E-state index in [0.29, 0.717) is 6.54 Å². The molecule has 0 heterocycles. The van der Waals surface area contributed by atoms with Gasteiger partial charge < -0.3 is 10.2 Å². The molecule has 1 amide bonds. The molecule has 2 aromatic rings. The van der Waals surface area contributed by atoms with Gasteiger partial charge in [0.05, 0.1) is 0 Å². The van der Waals surface area contributed by atoms with Gasteiger partial charge in [-0.15, -0.1) is 0 Å². The van der Waals surface area contributed by atoms with Crippen molar-refractivity contribution in [3.63, 3.8) is 0 Å². The standard InChI is InChI=1S/C20H23ClN2O/c1-14(23(2)15-8-4-3-5-9-15)13-22-20(24)18-12-17(18)16-10-6-7-11-19(16)21/h3-11,14,17-18H,12-13H2,1-2H3,(H,22,24). The SMILES string of the molecule is CC(CNC(=O)C1CC1c1ccccc1Cl)N(C)c1ccccc1. The van der Waals surface area contributed by atoms with Gasteiger partial charge in [-0.05, 0) is 43.0 Å². The maximum Gasteiger partial charge on any atom is 0.223 e. The Bertz CT molecular complexity index is 704. The Morgan fingerprint density at radius 3 is 2.58 bits per heavy atom. The number of halogens is 1. The van der Waals surface area contributed by atoms with Crippen molar-refractivity contribution in [2.45, 2.75) is 25.3 Å². The molecule has 24 heavy (non-hydrogen) atoms. The highest BCUT2D eigenvalue weighted by Crippen LogP contribution is 2.49. The molecule has 126 valence electrons. The number of hydrogen-bond acceptors (Lipinski definition) is 2. The number of amides is 1. The lowest BCUT2D eigenvalue weighted by atomic mass is 10.1. The smallest absolute Gasteiger partial charge is 0.223 e. The summed E-state index contributed by atoms with van der Waals surface area (Å²) in [5.74, 6) is 0.452. The molecule has 3 atom stereocenters. The Morgan fingerprint density at radius 1 is 1.21 bits per heavy atom. The van der Waals surface area contributed by atoms with Crippen LogP contribution in [0.15, 0.2) is 54.6 Å². The predicted molar refractivity (Wildman–Crippen MR) is 99.6 cm³/mol. The minimum Gasteiger partial charge on any atom is -0.370 e. The molecule has 3 rings (SSSR count). The van der Waals surface area contributed by atoms with Crippen LogP contribution in [0.1, 0.15) is 24.8 Å². The fourth-order valence-corrected chi connectivity index (χ4v) is 3.31. The number of carbonyl (C=O) groups excluding carboxylic acids is 1. The molecular formula is C20H23ClN2O. The van der Waals surface area contributed by atoms with Crippen LogP contribution in [0.25, 0.3) is 0 Å². The van der Waals surface area contributed by atoms with Crippen LogP contribution in [0.5, 0.6) is 0 Å². The molecule has 2 aromatic carbocycles. The fraction of sp³-hybridized carbons (Fsp3) is 0.350. The molecule has 1 saturated carbocycles. The Morgan fingerprint density at radius 2 is 1.88 bits per heavy atom. The second-order valence-corrected chi connectivity index (χ2v) is 6.92. The van der Waals surface area contributed by atoms with Crippen molar-refractivity contribution in [3.05, 3.63) is 65.2 Å². The molecular weight excluding hydrogens is 320 g/mol. The quantitative estimate of drug-likeness (QED) is 0.857. The number of nitrogens with zero attached hydrogens (tertiary/aromatic N) is 1. The third-order valence-corrected chi connectivity index (χ3v) is 5.17. The molecule has 3 unspecified atom stereocenters. The number of carbonyl (C=O) groups is 1. The van der Waals surface area contributed by atoms with Gasteiger partial charge in [0.25, 0.3) is 0 Å². The summed E-state index contributed by atoms with van der Waals surface area (Å²) in [5.41, 5.74) is 2.24. The van der Waals surface area contributed by atoms with Gasteiger partial charge in [-0.3, -0.25) is 4.79 Å². The van der Waals surface area contributed by atoms with E-state index in [-0.39, 0.29) is 23.8 Å². The molecule has 0 aliphatic heterocycles. The van der Waals surface area contributed by atoms with Crippen molar-refractivity contribution in [2.75, 3.05) is 18.5 Å². The highest BCUT2D eigenvalue weighted by molar-refractivity contribution is 6.31. The number of para-hydroxylation sites is 1. The van der Waals surface area contributed by atoms with Gasteiger partial charge in [-0.2, -0.15) is 0 Å². The summed E-state index contributed by atoms with van der Waals surface area (Å²) in [6.45, 7) is 2.75. The topological polar surface area (TPSA) is 32.3 Å². The Kier molecular flexibility index (Phi) is 5.10. The summed E-state index contributed by atoms with van der Waals surface area (Å²) in [4.78, 5) is 14.6. The van der Waals surface area contributed by atoms with Gasteiger partial charge in [0.1, 0.15) is 0 Å². The van der Waals surface area contributed by atoms with Crippen LogP contribution in [0.4, 0.5) is 5.69 Å². The first-order valence-corrected chi connectivity index (χ1v) is 8.75. The Balaban J connectivity index is 1.51. The number of anilines is 1. The summed E-state index contributed by atoms with van der Waals surface area (Å²) in [6.07, 6.45) is 0.887. The minimum absolute atomic E-state index is 0.0548. The average Bonchev–Trinajstić information content (AvgIpc) is 3.40. The summed E-state index contributed by atoms with van der Waals surface area (Å²) in [6, 6.07) is 18.2. The average molecular weight is 343 g/mol. The zero-order valence-electron chi connectivity index (χ0n) is 14.1. The van der Waals surface area contributed by atoms with Gasteiger partial charge in [-0.1, -0.05) is 48.0 Å². The van der Waals surface area contributed by atoms with Gasteiger partial charge >= 0.3 is 0 Å². The van der Waals surface area contributed by atoms with Crippen molar-refractivity contribution in [1.82, 2.24) is 5.32 Å². The minimum atomic E-state index is 0.0548. The number of rotatable bonds is 6. The van der Waals surface area contributed by atoms with E-state index in [1.807, 2.05) is 42.5 Å². The van der Waals surface area contributed by atoms with E-state index in [1.165, 1.54) is 0 Å². The van der Waals surface area contributed by atoms with Crippen LogP contribution >= 0.6 is 11.6 Å². The zero-order chi connectivity index (χ0) is 17.1. The van der Waals surface area contributed by atoms with Gasteiger partial charge in [-0.25, -0.2) is 0 Å². The second kappa shape index (κ2) is 7.27. The van der Waals surface area contributed by atoms with E-state index in [4.69, 9.17) is 11.6 Å². The van der Waals surface area contributed by atoms with Crippen molar-refractivity contribution < 1.29 is 4.79 Å². The van der Waals surface area contributed by atoms with E-state index in [0.717, 1.165) is 22.7 Å². The third-order valence-electron chi connectivity index (χ3n) is 4.83. The van der Waals surface area contributed by atoms with Crippen LogP contribution in [-0.2, 0) is 4.79 Å². The summed E-state index contributed by atoms with van der Waals surface area (Å²) >= 11 is 6.23. The summed E-state index contributed by atoms with van der Waals surface area (Å²) < 4.78 is 0. The second-order valence-electron chi connectivity index (χ2n) is 6.51. The molecule has 4 heteroatoms. The van der Waals surface area contributed by atoms with Crippen molar-refractivity contribution in [3.8, 4) is 0 Å². The number of nitrogens with one attached hydrogen (secondary N) is 1. The molecule has 0 aromatic heterocycles. The van der Waals surface area contributed by atoms with E-state index >= 15 is 0 Å².